The minimum Gasteiger partial charge on any atom is -0.367 e. The van der Waals surface area contributed by atoms with Crippen molar-refractivity contribution >= 4 is 27.3 Å². The van der Waals surface area contributed by atoms with Gasteiger partial charge in [-0.05, 0) is 11.4 Å². The second kappa shape index (κ2) is 4.73. The largest absolute Gasteiger partial charge is 0.367 e. The van der Waals surface area contributed by atoms with E-state index in [1.165, 1.54) is 10.4 Å². The number of amides is 1. The van der Waals surface area contributed by atoms with Crippen LogP contribution in [0.2, 0.25) is 0 Å². The zero-order valence-corrected chi connectivity index (χ0v) is 10.5. The molecule has 1 atom stereocenters. The van der Waals surface area contributed by atoms with E-state index >= 15 is 0 Å². The molecule has 2 heterocycles. The van der Waals surface area contributed by atoms with E-state index in [0.717, 1.165) is 11.3 Å². The molecule has 8 heteroatoms. The number of hydrogen-bond acceptors (Lipinski definition) is 5. The molecule has 0 aliphatic carbocycles. The molecule has 1 aromatic heterocycles. The molecular weight excluding hydrogens is 264 g/mol. The van der Waals surface area contributed by atoms with Crippen LogP contribution in [0.3, 0.4) is 0 Å². The minimum absolute atomic E-state index is 0.0183. The van der Waals surface area contributed by atoms with Crippen molar-refractivity contribution in [3.63, 3.8) is 0 Å². The molecule has 17 heavy (non-hydrogen) atoms. The first-order valence-corrected chi connectivity index (χ1v) is 7.28. The Morgan fingerprint density at radius 3 is 2.94 bits per heavy atom. The van der Waals surface area contributed by atoms with Crippen LogP contribution in [0.15, 0.2) is 21.7 Å². The second-order valence-electron chi connectivity index (χ2n) is 3.56. The molecule has 1 aliphatic rings. The van der Waals surface area contributed by atoms with Crippen LogP contribution in [0.5, 0.6) is 0 Å². The molecule has 1 aliphatic heterocycles. The molecule has 2 rings (SSSR count). The van der Waals surface area contributed by atoms with Gasteiger partial charge in [-0.1, -0.05) is 6.07 Å². The van der Waals surface area contributed by atoms with Gasteiger partial charge in [-0.3, -0.25) is 4.79 Å². The fraction of sp³-hybridized carbons (Fsp3) is 0.444. The second-order valence-corrected chi connectivity index (χ2v) is 6.67. The average Bonchev–Trinajstić information content (AvgIpc) is 2.83. The number of nitrogens with zero attached hydrogens (tertiary/aromatic N) is 1. The van der Waals surface area contributed by atoms with Gasteiger partial charge in [0.15, 0.2) is 0 Å². The molecule has 0 unspecified atom stereocenters. The summed E-state index contributed by atoms with van der Waals surface area (Å²) in [6, 6.07) is 3.21. The average molecular weight is 276 g/mol. The Bertz CT molecular complexity index is 497. The minimum atomic E-state index is -3.52. The van der Waals surface area contributed by atoms with Crippen molar-refractivity contribution in [3.05, 3.63) is 17.5 Å². The van der Waals surface area contributed by atoms with Crippen LogP contribution < -0.4 is 5.73 Å². The summed E-state index contributed by atoms with van der Waals surface area (Å²) in [5, 5.41) is 1.69. The highest BCUT2D eigenvalue weighted by atomic mass is 32.2. The van der Waals surface area contributed by atoms with Crippen molar-refractivity contribution in [3.8, 4) is 0 Å². The van der Waals surface area contributed by atoms with Crippen LogP contribution in [-0.4, -0.2) is 44.4 Å². The number of sulfonamides is 1. The Morgan fingerprint density at radius 1 is 1.59 bits per heavy atom. The molecule has 0 bridgehead atoms. The van der Waals surface area contributed by atoms with Crippen molar-refractivity contribution in [1.29, 1.82) is 0 Å². The topological polar surface area (TPSA) is 89.7 Å². The summed E-state index contributed by atoms with van der Waals surface area (Å²) in [4.78, 5) is 11.0. The lowest BCUT2D eigenvalue weighted by molar-refractivity contribution is -0.132. The van der Waals surface area contributed by atoms with Gasteiger partial charge in [0.2, 0.25) is 5.91 Å². The summed E-state index contributed by atoms with van der Waals surface area (Å²) < 4.78 is 30.9. The smallest absolute Gasteiger partial charge is 0.252 e. The Labute approximate surface area is 103 Å². The maximum atomic E-state index is 12.1. The van der Waals surface area contributed by atoms with Crippen molar-refractivity contribution in [1.82, 2.24) is 4.31 Å². The molecule has 2 N–H and O–H groups in total. The lowest BCUT2D eigenvalue weighted by Crippen LogP contribution is -2.50. The highest BCUT2D eigenvalue weighted by molar-refractivity contribution is 7.91. The highest BCUT2D eigenvalue weighted by Gasteiger charge is 2.33. The van der Waals surface area contributed by atoms with Gasteiger partial charge in [0.05, 0.1) is 6.61 Å². The summed E-state index contributed by atoms with van der Waals surface area (Å²) in [7, 11) is -3.52. The van der Waals surface area contributed by atoms with Gasteiger partial charge in [0, 0.05) is 13.1 Å². The van der Waals surface area contributed by atoms with Crippen LogP contribution in [0.25, 0.3) is 0 Å². The third-order valence-electron chi connectivity index (χ3n) is 2.44. The van der Waals surface area contributed by atoms with Gasteiger partial charge in [-0.15, -0.1) is 11.3 Å². The molecule has 0 saturated carbocycles. The van der Waals surface area contributed by atoms with Crippen LogP contribution in [0.4, 0.5) is 0 Å². The van der Waals surface area contributed by atoms with E-state index in [0.29, 0.717) is 0 Å². The van der Waals surface area contributed by atoms with Gasteiger partial charge in [-0.25, -0.2) is 8.42 Å². The number of carbonyl (C=O) groups excluding carboxylic acids is 1. The molecule has 1 fully saturated rings. The Balaban J connectivity index is 2.20. The van der Waals surface area contributed by atoms with E-state index in [9.17, 15) is 13.2 Å². The third kappa shape index (κ3) is 2.49. The van der Waals surface area contributed by atoms with Crippen LogP contribution >= 0.6 is 11.3 Å². The van der Waals surface area contributed by atoms with Gasteiger partial charge >= 0.3 is 0 Å². The van der Waals surface area contributed by atoms with Gasteiger partial charge in [-0.2, -0.15) is 4.31 Å². The maximum Gasteiger partial charge on any atom is 0.252 e. The molecule has 0 spiro atoms. The van der Waals surface area contributed by atoms with Gasteiger partial charge in [0.1, 0.15) is 10.3 Å². The monoisotopic (exact) mass is 276 g/mol. The summed E-state index contributed by atoms with van der Waals surface area (Å²) in [5.74, 6) is -0.643. The molecule has 6 nitrogen and oxygen atoms in total. The first-order valence-electron chi connectivity index (χ1n) is 4.96. The molecule has 0 aromatic carbocycles. The zero-order valence-electron chi connectivity index (χ0n) is 8.90. The number of rotatable bonds is 3. The van der Waals surface area contributed by atoms with E-state index in [1.807, 2.05) is 0 Å². The van der Waals surface area contributed by atoms with Crippen molar-refractivity contribution < 1.29 is 17.9 Å². The molecule has 1 amide bonds. The van der Waals surface area contributed by atoms with Gasteiger partial charge < -0.3 is 10.5 Å². The highest BCUT2D eigenvalue weighted by Crippen LogP contribution is 2.22. The number of nitrogens with two attached hydrogens (primary N) is 1. The first-order chi connectivity index (χ1) is 8.01. The fourth-order valence-electron chi connectivity index (χ4n) is 1.55. The van der Waals surface area contributed by atoms with Crippen molar-refractivity contribution in [2.45, 2.75) is 10.3 Å². The number of ether oxygens (including phenoxy) is 1. The molecule has 1 saturated heterocycles. The SMILES string of the molecule is NC(=O)[C@@H]1CN(S(=O)(=O)c2cccs2)CCO1. The maximum absolute atomic E-state index is 12.1. The van der Waals surface area contributed by atoms with E-state index < -0.39 is 22.0 Å². The van der Waals surface area contributed by atoms with E-state index in [-0.39, 0.29) is 23.9 Å². The van der Waals surface area contributed by atoms with E-state index in [1.54, 1.807) is 11.4 Å². The number of morpholine rings is 1. The normalized spacial score (nSPS) is 22.5. The number of thiophene rings is 1. The molecule has 1 aromatic rings. The predicted molar refractivity (Wildman–Crippen MR) is 62.0 cm³/mol. The van der Waals surface area contributed by atoms with Crippen LogP contribution in [0.1, 0.15) is 0 Å². The van der Waals surface area contributed by atoms with Gasteiger partial charge in [0.25, 0.3) is 10.0 Å². The third-order valence-corrected chi connectivity index (χ3v) is 5.67. The van der Waals surface area contributed by atoms with Crippen molar-refractivity contribution in [2.75, 3.05) is 19.7 Å². The number of carbonyl (C=O) groups is 1. The van der Waals surface area contributed by atoms with E-state index in [2.05, 4.69) is 0 Å². The molecular formula is C9H12N2O4S2. The Hall–Kier alpha value is -0.960. The lowest BCUT2D eigenvalue weighted by atomic mass is 10.3. The zero-order chi connectivity index (χ0) is 12.5. The Kier molecular flexibility index (Phi) is 3.48. The standard InChI is InChI=1S/C9H12N2O4S2/c10-9(12)7-6-11(3-4-15-7)17(13,14)8-2-1-5-16-8/h1-2,5,7H,3-4,6H2,(H2,10,12)/t7-/m0/s1. The number of hydrogen-bond donors (Lipinski definition) is 1. The Morgan fingerprint density at radius 2 is 2.35 bits per heavy atom. The predicted octanol–water partition coefficient (Wildman–Crippen LogP) is -0.377. The van der Waals surface area contributed by atoms with E-state index in [4.69, 9.17) is 10.5 Å². The van der Waals surface area contributed by atoms with Crippen LogP contribution in [-0.2, 0) is 19.6 Å². The summed E-state index contributed by atoms with van der Waals surface area (Å²) in [6.07, 6.45) is -0.863. The summed E-state index contributed by atoms with van der Waals surface area (Å²) in [6.45, 7) is 0.401. The molecule has 0 radical (unpaired) electrons. The number of primary amides is 1. The van der Waals surface area contributed by atoms with Crippen molar-refractivity contribution in [2.24, 2.45) is 5.73 Å². The lowest BCUT2D eigenvalue weighted by Gasteiger charge is -2.30. The first kappa shape index (κ1) is 12.5. The quantitative estimate of drug-likeness (QED) is 0.815. The molecule has 94 valence electrons. The summed E-state index contributed by atoms with van der Waals surface area (Å²) >= 11 is 1.15. The van der Waals surface area contributed by atoms with Crippen LogP contribution in [0, 0.1) is 0 Å². The summed E-state index contributed by atoms with van der Waals surface area (Å²) in [5.41, 5.74) is 5.11. The fourth-order valence-corrected chi connectivity index (χ4v) is 4.12.